The van der Waals surface area contributed by atoms with Gasteiger partial charge in [0.15, 0.2) is 0 Å². The average Bonchev–Trinajstić information content (AvgIpc) is 3.07. The fourth-order valence-corrected chi connectivity index (χ4v) is 5.02. The van der Waals surface area contributed by atoms with Crippen molar-refractivity contribution in [3.8, 4) is 22.6 Å². The summed E-state index contributed by atoms with van der Waals surface area (Å²) >= 11 is 0. The van der Waals surface area contributed by atoms with Crippen molar-refractivity contribution in [2.45, 2.75) is 90.9 Å². The number of hydrogen-bond donors (Lipinski definition) is 2. The van der Waals surface area contributed by atoms with Gasteiger partial charge in [-0.3, -0.25) is 0 Å². The topological polar surface area (TPSA) is 112 Å². The van der Waals surface area contributed by atoms with Gasteiger partial charge in [-0.05, 0) is 72.2 Å². The number of carbonyl (C=O) groups is 2. The van der Waals surface area contributed by atoms with Gasteiger partial charge in [0.2, 0.25) is 0 Å². The largest absolute Gasteiger partial charge is 0.490 e. The number of benzene rings is 2. The van der Waals surface area contributed by atoms with Gasteiger partial charge in [-0.2, -0.15) is 0 Å². The van der Waals surface area contributed by atoms with Crippen LogP contribution in [0.2, 0.25) is 0 Å². The zero-order valence-electron chi connectivity index (χ0n) is 28.0. The lowest BCUT2D eigenvalue weighted by Crippen LogP contribution is -2.15. The van der Waals surface area contributed by atoms with Gasteiger partial charge in [0.25, 0.3) is 0 Å². The highest BCUT2D eigenvalue weighted by Crippen LogP contribution is 2.34. The number of aliphatic hydroxyl groups excluding tert-OH is 2. The van der Waals surface area contributed by atoms with E-state index in [0.717, 1.165) is 38.5 Å². The average molecular weight is 639 g/mol. The Labute approximate surface area is 275 Å². The van der Waals surface area contributed by atoms with Crippen LogP contribution in [0.5, 0.6) is 11.5 Å². The van der Waals surface area contributed by atoms with Crippen molar-refractivity contribution in [2.75, 3.05) is 39.6 Å². The Hall–Kier alpha value is -3.62. The molecule has 46 heavy (non-hydrogen) atoms. The number of rotatable bonds is 25. The summed E-state index contributed by atoms with van der Waals surface area (Å²) in [5.41, 5.74) is 4.77. The molecule has 0 saturated carbocycles. The molecule has 0 unspecified atom stereocenters. The van der Waals surface area contributed by atoms with Gasteiger partial charge in [-0.25, -0.2) is 9.59 Å². The summed E-state index contributed by atoms with van der Waals surface area (Å²) < 4.78 is 22.1. The molecule has 2 aromatic carbocycles. The lowest BCUT2D eigenvalue weighted by atomic mass is 9.90. The van der Waals surface area contributed by atoms with Crippen molar-refractivity contribution in [1.29, 1.82) is 0 Å². The molecule has 254 valence electrons. The summed E-state index contributed by atoms with van der Waals surface area (Å²) in [5, 5.41) is 18.1. The van der Waals surface area contributed by atoms with Crippen molar-refractivity contribution in [3.63, 3.8) is 0 Å². The molecule has 0 bridgehead atoms. The molecule has 8 nitrogen and oxygen atoms in total. The molecule has 0 aliphatic rings. The highest BCUT2D eigenvalue weighted by atomic mass is 16.6. The standard InChI is InChI=1S/C38H54O8/c1-5-7-9-11-13-15-31-25-33(43-21-23-45-37(41)29(3)27-39)17-19-35(31)36-20-18-34(26-32(36)16-14-12-10-8-6-2)44-22-24-46-38(42)30(4)28-40/h17-20,25-26,39-40H,3-16,21-24,27-28H2,1-2H3. The number of ether oxygens (including phenoxy) is 4. The van der Waals surface area contributed by atoms with E-state index >= 15 is 0 Å². The Morgan fingerprint density at radius 2 is 0.978 bits per heavy atom. The molecule has 0 heterocycles. The third-order valence-electron chi connectivity index (χ3n) is 7.67. The minimum absolute atomic E-state index is 0.0140. The van der Waals surface area contributed by atoms with Crippen LogP contribution in [0, 0.1) is 0 Å². The molecule has 0 aromatic heterocycles. The van der Waals surface area contributed by atoms with E-state index in [4.69, 9.17) is 29.2 Å². The van der Waals surface area contributed by atoms with Crippen molar-refractivity contribution in [1.82, 2.24) is 0 Å². The van der Waals surface area contributed by atoms with E-state index in [-0.39, 0.29) is 37.6 Å². The van der Waals surface area contributed by atoms with Crippen LogP contribution in [-0.4, -0.2) is 61.8 Å². The molecule has 0 fully saturated rings. The first-order chi connectivity index (χ1) is 22.3. The van der Waals surface area contributed by atoms with E-state index in [2.05, 4.69) is 51.3 Å². The zero-order chi connectivity index (χ0) is 33.6. The van der Waals surface area contributed by atoms with Gasteiger partial charge in [0.1, 0.15) is 37.9 Å². The molecule has 0 aliphatic heterocycles. The Kier molecular flexibility index (Phi) is 19.1. The second-order valence-electron chi connectivity index (χ2n) is 11.5. The number of carbonyl (C=O) groups excluding carboxylic acids is 2. The fourth-order valence-electron chi connectivity index (χ4n) is 5.02. The number of hydrogen-bond acceptors (Lipinski definition) is 8. The summed E-state index contributed by atoms with van der Waals surface area (Å²) in [5.74, 6) is 0.169. The Morgan fingerprint density at radius 3 is 1.35 bits per heavy atom. The Bertz CT molecular complexity index is 1140. The molecule has 2 N–H and O–H groups in total. The van der Waals surface area contributed by atoms with Crippen LogP contribution in [0.3, 0.4) is 0 Å². The van der Waals surface area contributed by atoms with E-state index in [0.29, 0.717) is 11.5 Å². The zero-order valence-corrected chi connectivity index (χ0v) is 28.0. The van der Waals surface area contributed by atoms with Gasteiger partial charge in [0, 0.05) is 0 Å². The van der Waals surface area contributed by atoms with Crippen molar-refractivity contribution in [3.05, 3.63) is 71.8 Å². The van der Waals surface area contributed by atoms with Crippen molar-refractivity contribution in [2.24, 2.45) is 0 Å². The molecule has 2 rings (SSSR count). The molecule has 0 radical (unpaired) electrons. The van der Waals surface area contributed by atoms with E-state index < -0.39 is 25.2 Å². The van der Waals surface area contributed by atoms with Gasteiger partial charge in [-0.15, -0.1) is 0 Å². The van der Waals surface area contributed by atoms with Gasteiger partial charge in [0.05, 0.1) is 24.4 Å². The predicted molar refractivity (Wildman–Crippen MR) is 182 cm³/mol. The maximum absolute atomic E-state index is 11.8. The molecule has 0 atom stereocenters. The van der Waals surface area contributed by atoms with E-state index in [1.54, 1.807) is 0 Å². The maximum atomic E-state index is 11.8. The van der Waals surface area contributed by atoms with E-state index in [1.165, 1.54) is 60.8 Å². The Balaban J connectivity index is 2.25. The van der Waals surface area contributed by atoms with E-state index in [1.807, 2.05) is 12.1 Å². The van der Waals surface area contributed by atoms with Crippen LogP contribution in [-0.2, 0) is 31.9 Å². The quantitative estimate of drug-likeness (QED) is 0.0661. The summed E-state index contributed by atoms with van der Waals surface area (Å²) in [4.78, 5) is 23.6. The summed E-state index contributed by atoms with van der Waals surface area (Å²) in [7, 11) is 0. The number of unbranched alkanes of at least 4 members (excludes halogenated alkanes) is 8. The third kappa shape index (κ3) is 14.2. The fraction of sp³-hybridized carbons (Fsp3) is 0.526. The normalized spacial score (nSPS) is 10.8. The lowest BCUT2D eigenvalue weighted by Gasteiger charge is -2.18. The SMILES string of the molecule is C=C(CO)C(=O)OCCOc1ccc(-c2ccc(OCCOC(=O)C(=C)CO)cc2CCCCCCC)c(CCCCCCC)c1. The molecular weight excluding hydrogens is 584 g/mol. The second-order valence-corrected chi connectivity index (χ2v) is 11.5. The van der Waals surface area contributed by atoms with Gasteiger partial charge >= 0.3 is 11.9 Å². The minimum Gasteiger partial charge on any atom is -0.490 e. The van der Waals surface area contributed by atoms with Crippen LogP contribution in [0.4, 0.5) is 0 Å². The van der Waals surface area contributed by atoms with Crippen molar-refractivity contribution < 1.29 is 38.7 Å². The van der Waals surface area contributed by atoms with E-state index in [9.17, 15) is 9.59 Å². The highest BCUT2D eigenvalue weighted by Gasteiger charge is 2.14. The lowest BCUT2D eigenvalue weighted by molar-refractivity contribution is -0.141. The number of aliphatic hydroxyl groups is 2. The smallest absolute Gasteiger partial charge is 0.335 e. The number of esters is 2. The first kappa shape index (κ1) is 38.6. The molecular formula is C38H54O8. The molecule has 0 amide bonds. The summed E-state index contributed by atoms with van der Waals surface area (Å²) in [6, 6.07) is 12.3. The van der Waals surface area contributed by atoms with Crippen molar-refractivity contribution >= 4 is 11.9 Å². The second kappa shape index (κ2) is 22.8. The van der Waals surface area contributed by atoms with Gasteiger partial charge in [-0.1, -0.05) is 90.5 Å². The molecule has 0 aliphatic carbocycles. The molecule has 0 saturated heterocycles. The Morgan fingerprint density at radius 1 is 0.587 bits per heavy atom. The third-order valence-corrected chi connectivity index (χ3v) is 7.67. The first-order valence-corrected chi connectivity index (χ1v) is 16.8. The molecule has 2 aromatic rings. The first-order valence-electron chi connectivity index (χ1n) is 16.8. The van der Waals surface area contributed by atoms with Crippen LogP contribution in [0.1, 0.15) is 89.2 Å². The van der Waals surface area contributed by atoms with Crippen LogP contribution < -0.4 is 9.47 Å². The maximum Gasteiger partial charge on any atom is 0.335 e. The predicted octanol–water partition coefficient (Wildman–Crippen LogP) is 7.32. The summed E-state index contributed by atoms with van der Waals surface area (Å²) in [6.07, 6.45) is 13.6. The van der Waals surface area contributed by atoms with Crippen LogP contribution in [0.25, 0.3) is 11.1 Å². The van der Waals surface area contributed by atoms with Crippen LogP contribution >= 0.6 is 0 Å². The monoisotopic (exact) mass is 638 g/mol. The number of aryl methyl sites for hydroxylation is 2. The summed E-state index contributed by atoms with van der Waals surface area (Å²) in [6.45, 7) is 11.0. The minimum atomic E-state index is -0.627. The highest BCUT2D eigenvalue weighted by molar-refractivity contribution is 5.88. The van der Waals surface area contributed by atoms with Crippen LogP contribution in [0.15, 0.2) is 60.7 Å². The molecule has 0 spiro atoms. The molecule has 8 heteroatoms. The van der Waals surface area contributed by atoms with Gasteiger partial charge < -0.3 is 29.2 Å².